The molecule has 0 saturated heterocycles. The first-order valence-corrected chi connectivity index (χ1v) is 14.8. The van der Waals surface area contributed by atoms with Gasteiger partial charge in [0.15, 0.2) is 0 Å². The van der Waals surface area contributed by atoms with E-state index in [0.29, 0.717) is 6.42 Å². The summed E-state index contributed by atoms with van der Waals surface area (Å²) in [5.74, 6) is 0.0389. The monoisotopic (exact) mass is 562 g/mol. The van der Waals surface area contributed by atoms with Crippen LogP contribution in [0.4, 0.5) is 0 Å². The van der Waals surface area contributed by atoms with Gasteiger partial charge in [0, 0.05) is 13.0 Å². The van der Waals surface area contributed by atoms with Crippen LogP contribution in [0.5, 0.6) is 5.75 Å². The second-order valence-electron chi connectivity index (χ2n) is 12.8. The van der Waals surface area contributed by atoms with Crippen LogP contribution in [-0.4, -0.2) is 53.9 Å². The van der Waals surface area contributed by atoms with Crippen molar-refractivity contribution in [1.82, 2.24) is 20.9 Å². The largest absolute Gasteiger partial charge is 0.491 e. The summed E-state index contributed by atoms with van der Waals surface area (Å²) < 4.78 is 5.93. The van der Waals surface area contributed by atoms with Crippen LogP contribution in [0.25, 0.3) is 0 Å². The molecule has 0 fully saturated rings. The van der Waals surface area contributed by atoms with Gasteiger partial charge in [0.05, 0.1) is 18.2 Å². The van der Waals surface area contributed by atoms with E-state index in [2.05, 4.69) is 28.1 Å². The number of carbonyl (C=O) groups excluding carboxylic acids is 3. The number of carbonyl (C=O) groups is 3. The lowest BCUT2D eigenvalue weighted by atomic mass is 9.83. The standard InChI is InChI=1S/C33H46N4O4/c1-20(2)41-25-16-15-23-18-28(31(39)35-27-14-10-12-22-11-8-9-13-26(22)27)37(19-24(23)17-25)32(40)29(33(4,5)6)36-30(38)21(3)34-7/h8-9,11,13,15-17,20-21,27-29,34H,10,12,14,18-19H2,1-7H3,(H,35,39)(H,36,38)/t21-,27?,28?,29+/m0/s1. The Kier molecular flexibility index (Phi) is 9.42. The van der Waals surface area contributed by atoms with Gasteiger partial charge in [-0.1, -0.05) is 51.1 Å². The first kappa shape index (κ1) is 30.6. The van der Waals surface area contributed by atoms with Gasteiger partial charge < -0.3 is 25.6 Å². The maximum absolute atomic E-state index is 14.3. The Morgan fingerprint density at radius 1 is 1.00 bits per heavy atom. The van der Waals surface area contributed by atoms with E-state index < -0.39 is 23.5 Å². The van der Waals surface area contributed by atoms with Gasteiger partial charge in [0.25, 0.3) is 0 Å². The highest BCUT2D eigenvalue weighted by Crippen LogP contribution is 2.33. The number of rotatable bonds is 8. The summed E-state index contributed by atoms with van der Waals surface area (Å²) in [5.41, 5.74) is 3.81. The summed E-state index contributed by atoms with van der Waals surface area (Å²) in [7, 11) is 1.71. The number of likely N-dealkylation sites (N-methyl/N-ethyl adjacent to an activating group) is 1. The molecule has 0 spiro atoms. The van der Waals surface area contributed by atoms with Gasteiger partial charge in [-0.05, 0) is 86.9 Å². The smallest absolute Gasteiger partial charge is 0.246 e. The van der Waals surface area contributed by atoms with Gasteiger partial charge in [0.1, 0.15) is 17.8 Å². The minimum atomic E-state index is -0.812. The normalized spacial score (nSPS) is 20.0. The Hall–Kier alpha value is -3.39. The van der Waals surface area contributed by atoms with Crippen LogP contribution in [0.1, 0.15) is 82.7 Å². The zero-order chi connectivity index (χ0) is 29.9. The fraction of sp³-hybridized carbons (Fsp3) is 0.545. The third-order valence-corrected chi connectivity index (χ3v) is 8.18. The Balaban J connectivity index is 1.67. The fourth-order valence-corrected chi connectivity index (χ4v) is 5.76. The molecule has 2 aliphatic rings. The lowest BCUT2D eigenvalue weighted by Gasteiger charge is -2.42. The first-order chi connectivity index (χ1) is 19.4. The summed E-state index contributed by atoms with van der Waals surface area (Å²) in [6.07, 6.45) is 3.27. The van der Waals surface area contributed by atoms with Crippen molar-refractivity contribution in [1.29, 1.82) is 0 Å². The summed E-state index contributed by atoms with van der Waals surface area (Å²) >= 11 is 0. The van der Waals surface area contributed by atoms with Crippen LogP contribution >= 0.6 is 0 Å². The highest BCUT2D eigenvalue weighted by Gasteiger charge is 2.43. The number of nitrogens with one attached hydrogen (secondary N) is 3. The molecule has 8 nitrogen and oxygen atoms in total. The lowest BCUT2D eigenvalue weighted by molar-refractivity contribution is -0.147. The minimum Gasteiger partial charge on any atom is -0.491 e. The molecule has 0 saturated carbocycles. The molecule has 2 unspecified atom stereocenters. The number of nitrogens with zero attached hydrogens (tertiary/aromatic N) is 1. The molecule has 2 aromatic carbocycles. The maximum Gasteiger partial charge on any atom is 0.246 e. The van der Waals surface area contributed by atoms with Gasteiger partial charge in [-0.15, -0.1) is 0 Å². The highest BCUT2D eigenvalue weighted by atomic mass is 16.5. The molecule has 1 aliphatic carbocycles. The molecule has 1 heterocycles. The summed E-state index contributed by atoms with van der Waals surface area (Å²) in [5, 5.41) is 9.20. The molecule has 222 valence electrons. The van der Waals surface area contributed by atoms with Crippen molar-refractivity contribution >= 4 is 17.7 Å². The number of ether oxygens (including phenoxy) is 1. The SMILES string of the molecule is CN[C@@H](C)C(=O)N[C@H](C(=O)N1Cc2cc(OC(C)C)ccc2CC1C(=O)NC1CCCc2ccccc21)C(C)(C)C. The van der Waals surface area contributed by atoms with Crippen LogP contribution in [0, 0.1) is 5.41 Å². The molecule has 3 amide bonds. The van der Waals surface area contributed by atoms with E-state index in [1.54, 1.807) is 18.9 Å². The van der Waals surface area contributed by atoms with E-state index in [9.17, 15) is 14.4 Å². The molecule has 0 aromatic heterocycles. The topological polar surface area (TPSA) is 99.8 Å². The summed E-state index contributed by atoms with van der Waals surface area (Å²) in [4.78, 5) is 43.0. The zero-order valence-corrected chi connectivity index (χ0v) is 25.5. The number of hydrogen-bond donors (Lipinski definition) is 3. The number of amides is 3. The van der Waals surface area contributed by atoms with Crippen LogP contribution in [0.3, 0.4) is 0 Å². The fourth-order valence-electron chi connectivity index (χ4n) is 5.76. The Morgan fingerprint density at radius 2 is 1.73 bits per heavy atom. The van der Waals surface area contributed by atoms with E-state index >= 15 is 0 Å². The zero-order valence-electron chi connectivity index (χ0n) is 25.5. The molecule has 41 heavy (non-hydrogen) atoms. The van der Waals surface area contributed by atoms with Crippen LogP contribution in [0.2, 0.25) is 0 Å². The second kappa shape index (κ2) is 12.6. The van der Waals surface area contributed by atoms with Gasteiger partial charge in [-0.2, -0.15) is 0 Å². The lowest BCUT2D eigenvalue weighted by Crippen LogP contribution is -2.62. The average Bonchev–Trinajstić information content (AvgIpc) is 2.93. The summed E-state index contributed by atoms with van der Waals surface area (Å²) in [6.45, 7) is 11.8. The maximum atomic E-state index is 14.3. The van der Waals surface area contributed by atoms with Crippen LogP contribution in [0.15, 0.2) is 42.5 Å². The van der Waals surface area contributed by atoms with Crippen molar-refractivity contribution in [2.75, 3.05) is 7.05 Å². The van der Waals surface area contributed by atoms with Gasteiger partial charge in [0.2, 0.25) is 17.7 Å². The quantitative estimate of drug-likeness (QED) is 0.451. The highest BCUT2D eigenvalue weighted by molar-refractivity contribution is 5.94. The Bertz CT molecular complexity index is 1270. The molecule has 2 aromatic rings. The molecule has 4 atom stereocenters. The van der Waals surface area contributed by atoms with Crippen molar-refractivity contribution < 1.29 is 19.1 Å². The van der Waals surface area contributed by atoms with E-state index in [4.69, 9.17) is 4.74 Å². The van der Waals surface area contributed by atoms with Crippen molar-refractivity contribution in [2.45, 2.75) is 104 Å². The second-order valence-corrected chi connectivity index (χ2v) is 12.8. The van der Waals surface area contributed by atoms with Crippen molar-refractivity contribution in [3.05, 3.63) is 64.7 Å². The molecule has 3 N–H and O–H groups in total. The number of aryl methyl sites for hydroxylation is 1. The van der Waals surface area contributed by atoms with Crippen molar-refractivity contribution in [3.8, 4) is 5.75 Å². The van der Waals surface area contributed by atoms with Gasteiger partial charge in [-0.3, -0.25) is 14.4 Å². The summed E-state index contributed by atoms with van der Waals surface area (Å²) in [6, 6.07) is 12.1. The third-order valence-electron chi connectivity index (χ3n) is 8.18. The molecule has 8 heteroatoms. The molecular weight excluding hydrogens is 516 g/mol. The third kappa shape index (κ3) is 7.10. The van der Waals surface area contributed by atoms with Crippen molar-refractivity contribution in [2.24, 2.45) is 5.41 Å². The Morgan fingerprint density at radius 3 is 2.41 bits per heavy atom. The number of hydrogen-bond acceptors (Lipinski definition) is 5. The van der Waals surface area contributed by atoms with Crippen LogP contribution in [-0.2, 0) is 33.8 Å². The van der Waals surface area contributed by atoms with E-state index in [1.807, 2.05) is 65.0 Å². The van der Waals surface area contributed by atoms with Crippen LogP contribution < -0.4 is 20.7 Å². The Labute approximate surface area is 244 Å². The van der Waals surface area contributed by atoms with E-state index in [-0.39, 0.29) is 36.4 Å². The van der Waals surface area contributed by atoms with E-state index in [1.165, 1.54) is 5.56 Å². The predicted octanol–water partition coefficient (Wildman–Crippen LogP) is 4.06. The van der Waals surface area contributed by atoms with Crippen molar-refractivity contribution in [3.63, 3.8) is 0 Å². The molecule has 4 rings (SSSR count). The van der Waals surface area contributed by atoms with Gasteiger partial charge in [-0.25, -0.2) is 0 Å². The molecule has 1 aliphatic heterocycles. The first-order valence-electron chi connectivity index (χ1n) is 14.8. The minimum absolute atomic E-state index is 0.0147. The average molecular weight is 563 g/mol. The molecule has 0 radical (unpaired) electrons. The predicted molar refractivity (Wildman–Crippen MR) is 160 cm³/mol. The molecular formula is C33H46N4O4. The number of fused-ring (bicyclic) bond motifs is 2. The van der Waals surface area contributed by atoms with Gasteiger partial charge >= 0.3 is 0 Å². The van der Waals surface area contributed by atoms with E-state index in [0.717, 1.165) is 41.7 Å². The number of benzene rings is 2. The molecule has 0 bridgehead atoms.